The van der Waals surface area contributed by atoms with E-state index in [4.69, 9.17) is 21.1 Å². The molecular weight excluding hydrogens is 464 g/mol. The Hall–Kier alpha value is -3.77. The number of nitrogens with one attached hydrogen (secondary N) is 1. The number of ether oxygens (including phenoxy) is 2. The van der Waals surface area contributed by atoms with E-state index in [1.165, 1.54) is 0 Å². The van der Waals surface area contributed by atoms with Gasteiger partial charge in [-0.25, -0.2) is 0 Å². The van der Waals surface area contributed by atoms with Crippen molar-refractivity contribution in [1.29, 1.82) is 0 Å². The van der Waals surface area contributed by atoms with E-state index in [1.54, 1.807) is 42.0 Å². The number of halogens is 1. The van der Waals surface area contributed by atoms with Crippen LogP contribution in [0.3, 0.4) is 0 Å². The minimum atomic E-state index is -0.187. The average Bonchev–Trinajstić information content (AvgIpc) is 3.13. The molecule has 1 N–H and O–H groups in total. The zero-order valence-electron chi connectivity index (χ0n) is 19.9. The van der Waals surface area contributed by atoms with Gasteiger partial charge in [-0.15, -0.1) is 0 Å². The molecule has 0 radical (unpaired) electrons. The van der Waals surface area contributed by atoms with Crippen molar-refractivity contribution in [1.82, 2.24) is 9.88 Å². The first-order chi connectivity index (χ1) is 16.9. The lowest BCUT2D eigenvalue weighted by atomic mass is 10.1. The first-order valence-electron chi connectivity index (χ1n) is 11.3. The van der Waals surface area contributed by atoms with Gasteiger partial charge < -0.3 is 14.8 Å². The number of carbonyl (C=O) groups is 2. The highest BCUT2D eigenvalue weighted by atomic mass is 35.5. The number of hydrogen-bond donors (Lipinski definition) is 1. The quantitative estimate of drug-likeness (QED) is 0.338. The van der Waals surface area contributed by atoms with Gasteiger partial charge in [0.2, 0.25) is 5.91 Å². The van der Waals surface area contributed by atoms with Crippen molar-refractivity contribution in [2.75, 3.05) is 20.3 Å². The minimum absolute atomic E-state index is 0.126. The van der Waals surface area contributed by atoms with E-state index in [0.29, 0.717) is 40.7 Å². The molecule has 6 nitrogen and oxygen atoms in total. The molecule has 0 fully saturated rings. The molecule has 4 aromatic rings. The number of aryl methyl sites for hydroxylation is 1. The zero-order valence-corrected chi connectivity index (χ0v) is 20.7. The highest BCUT2D eigenvalue weighted by molar-refractivity contribution is 6.30. The van der Waals surface area contributed by atoms with Crippen molar-refractivity contribution in [2.45, 2.75) is 20.3 Å². The van der Waals surface area contributed by atoms with Gasteiger partial charge in [0.15, 0.2) is 0 Å². The highest BCUT2D eigenvalue weighted by Crippen LogP contribution is 2.31. The van der Waals surface area contributed by atoms with Crippen LogP contribution in [0.15, 0.2) is 66.7 Å². The van der Waals surface area contributed by atoms with Crippen LogP contribution in [0.2, 0.25) is 5.02 Å². The largest absolute Gasteiger partial charge is 0.497 e. The van der Waals surface area contributed by atoms with E-state index < -0.39 is 0 Å². The molecule has 1 heterocycles. The first kappa shape index (κ1) is 24.4. The number of nitrogens with zero attached hydrogens (tertiary/aromatic N) is 1. The van der Waals surface area contributed by atoms with E-state index >= 15 is 0 Å². The molecule has 1 amide bonds. The minimum Gasteiger partial charge on any atom is -0.497 e. The summed E-state index contributed by atoms with van der Waals surface area (Å²) in [4.78, 5) is 26.2. The number of fused-ring (bicyclic) bond motifs is 1. The Bertz CT molecular complexity index is 1380. The molecule has 4 rings (SSSR count). The summed E-state index contributed by atoms with van der Waals surface area (Å²) in [5, 5.41) is 4.27. The van der Waals surface area contributed by atoms with Crippen LogP contribution in [0.25, 0.3) is 10.9 Å². The Labute approximate surface area is 209 Å². The van der Waals surface area contributed by atoms with Crippen LogP contribution in [0, 0.1) is 13.8 Å². The second-order valence-electron chi connectivity index (χ2n) is 8.24. The van der Waals surface area contributed by atoms with Crippen molar-refractivity contribution in [3.05, 3.63) is 94.1 Å². The molecule has 7 heteroatoms. The Balaban J connectivity index is 1.55. The molecule has 0 aliphatic carbocycles. The molecule has 0 saturated heterocycles. The predicted molar refractivity (Wildman–Crippen MR) is 138 cm³/mol. The fraction of sp³-hybridized carbons (Fsp3) is 0.214. The number of para-hydroxylation sites is 1. The Morgan fingerprint density at radius 2 is 1.74 bits per heavy atom. The van der Waals surface area contributed by atoms with Gasteiger partial charge in [0.1, 0.15) is 18.1 Å². The van der Waals surface area contributed by atoms with Gasteiger partial charge in [0, 0.05) is 21.7 Å². The third-order valence-corrected chi connectivity index (χ3v) is 6.20. The summed E-state index contributed by atoms with van der Waals surface area (Å²) >= 11 is 5.99. The molecule has 0 atom stereocenters. The second kappa shape index (κ2) is 10.7. The van der Waals surface area contributed by atoms with E-state index in [-0.39, 0.29) is 18.2 Å². The summed E-state index contributed by atoms with van der Waals surface area (Å²) < 4.78 is 12.8. The lowest BCUT2D eigenvalue weighted by Gasteiger charge is -2.10. The smallest absolute Gasteiger partial charge is 0.262 e. The molecule has 0 bridgehead atoms. The molecule has 35 heavy (non-hydrogen) atoms. The lowest BCUT2D eigenvalue weighted by Crippen LogP contribution is -2.29. The number of rotatable bonds is 8. The van der Waals surface area contributed by atoms with Gasteiger partial charge in [-0.1, -0.05) is 29.8 Å². The van der Waals surface area contributed by atoms with Crippen molar-refractivity contribution >= 4 is 34.3 Å². The summed E-state index contributed by atoms with van der Waals surface area (Å²) in [5.41, 5.74) is 3.75. The molecule has 0 spiro atoms. The van der Waals surface area contributed by atoms with Gasteiger partial charge in [0.05, 0.1) is 25.6 Å². The molecule has 3 aromatic carbocycles. The molecule has 0 aliphatic rings. The topological polar surface area (TPSA) is 69.6 Å². The van der Waals surface area contributed by atoms with Crippen molar-refractivity contribution < 1.29 is 19.1 Å². The van der Waals surface area contributed by atoms with Gasteiger partial charge in [-0.3, -0.25) is 14.2 Å². The highest BCUT2D eigenvalue weighted by Gasteiger charge is 2.22. The SMILES string of the molecule is COc1ccc2c(c1)c(CC(=O)NCCOc1ccccc1C)c(C)n2C(=O)c1ccc(Cl)cc1. The van der Waals surface area contributed by atoms with E-state index in [2.05, 4.69) is 5.32 Å². The number of amides is 1. The van der Waals surface area contributed by atoms with Crippen LogP contribution in [-0.2, 0) is 11.2 Å². The van der Waals surface area contributed by atoms with Crippen LogP contribution >= 0.6 is 11.6 Å². The standard InChI is InChI=1S/C28H27ClN2O4/c1-18-6-4-5-7-26(18)35-15-14-30-27(32)17-23-19(2)31(25-13-12-22(34-3)16-24(23)25)28(33)20-8-10-21(29)11-9-20/h4-13,16H,14-15,17H2,1-3H3,(H,30,32). The summed E-state index contributed by atoms with van der Waals surface area (Å²) in [6.45, 7) is 4.56. The fourth-order valence-electron chi connectivity index (χ4n) is 4.09. The second-order valence-corrected chi connectivity index (χ2v) is 8.67. The fourth-order valence-corrected chi connectivity index (χ4v) is 4.21. The third-order valence-electron chi connectivity index (χ3n) is 5.95. The average molecular weight is 491 g/mol. The first-order valence-corrected chi connectivity index (χ1v) is 11.7. The Morgan fingerprint density at radius 3 is 2.46 bits per heavy atom. The normalized spacial score (nSPS) is 10.9. The Morgan fingerprint density at radius 1 is 1.00 bits per heavy atom. The monoisotopic (exact) mass is 490 g/mol. The van der Waals surface area contributed by atoms with Crippen LogP contribution in [0.5, 0.6) is 11.5 Å². The van der Waals surface area contributed by atoms with E-state index in [1.807, 2.05) is 50.2 Å². The van der Waals surface area contributed by atoms with Gasteiger partial charge >= 0.3 is 0 Å². The summed E-state index contributed by atoms with van der Waals surface area (Å²) in [5.74, 6) is 1.12. The number of hydrogen-bond acceptors (Lipinski definition) is 4. The van der Waals surface area contributed by atoms with Crippen molar-refractivity contribution in [3.8, 4) is 11.5 Å². The third kappa shape index (κ3) is 5.33. The maximum Gasteiger partial charge on any atom is 0.262 e. The predicted octanol–water partition coefficient (Wildman–Crippen LogP) is 5.35. The molecular formula is C28H27ClN2O4. The van der Waals surface area contributed by atoms with Crippen LogP contribution in [0.4, 0.5) is 0 Å². The number of carbonyl (C=O) groups excluding carboxylic acids is 2. The molecule has 0 saturated carbocycles. The van der Waals surface area contributed by atoms with E-state index in [9.17, 15) is 9.59 Å². The summed E-state index contributed by atoms with van der Waals surface area (Å²) in [6.07, 6.45) is 0.126. The molecule has 1 aromatic heterocycles. The van der Waals surface area contributed by atoms with E-state index in [0.717, 1.165) is 22.3 Å². The van der Waals surface area contributed by atoms with Gasteiger partial charge in [-0.05, 0) is 73.5 Å². The van der Waals surface area contributed by atoms with Crippen LogP contribution < -0.4 is 14.8 Å². The maximum absolute atomic E-state index is 13.4. The lowest BCUT2D eigenvalue weighted by molar-refractivity contribution is -0.120. The number of methoxy groups -OCH3 is 1. The van der Waals surface area contributed by atoms with Crippen molar-refractivity contribution in [2.24, 2.45) is 0 Å². The zero-order chi connectivity index (χ0) is 24.9. The number of aromatic nitrogens is 1. The van der Waals surface area contributed by atoms with Gasteiger partial charge in [-0.2, -0.15) is 0 Å². The summed E-state index contributed by atoms with van der Waals surface area (Å²) in [7, 11) is 1.59. The Kier molecular flexibility index (Phi) is 7.42. The van der Waals surface area contributed by atoms with Crippen LogP contribution in [-0.4, -0.2) is 36.6 Å². The van der Waals surface area contributed by atoms with Gasteiger partial charge in [0.25, 0.3) is 5.91 Å². The summed E-state index contributed by atoms with van der Waals surface area (Å²) in [6, 6.07) is 20.0. The molecule has 180 valence electrons. The maximum atomic E-state index is 13.4. The number of benzene rings is 3. The van der Waals surface area contributed by atoms with Crippen molar-refractivity contribution in [3.63, 3.8) is 0 Å². The molecule has 0 unspecified atom stereocenters. The van der Waals surface area contributed by atoms with Crippen LogP contribution in [0.1, 0.15) is 27.2 Å². The molecule has 0 aliphatic heterocycles.